The summed E-state index contributed by atoms with van der Waals surface area (Å²) in [4.78, 5) is 16.8. The van der Waals surface area contributed by atoms with Crippen LogP contribution in [0.4, 0.5) is 0 Å². The topological polar surface area (TPSA) is 43.1 Å². The molecule has 0 spiro atoms. The maximum Gasteiger partial charge on any atom is 0.345 e. The third-order valence-electron chi connectivity index (χ3n) is 5.45. The highest BCUT2D eigenvalue weighted by atomic mass is 16.4. The van der Waals surface area contributed by atoms with Crippen molar-refractivity contribution in [1.82, 2.24) is 4.98 Å². The number of hydrogen-bond donors (Lipinski definition) is 0. The fraction of sp³-hybridized carbons (Fsp3) is 0.429. The van der Waals surface area contributed by atoms with Gasteiger partial charge in [-0.1, -0.05) is 45.9 Å². The highest BCUT2D eigenvalue weighted by molar-refractivity contribution is 5.83. The van der Waals surface area contributed by atoms with Gasteiger partial charge >= 0.3 is 5.63 Å². The number of aromatic nitrogens is 1. The minimum atomic E-state index is -0.308. The maximum absolute atomic E-state index is 12.3. The zero-order valence-corrected chi connectivity index (χ0v) is 14.9. The molecule has 0 radical (unpaired) electrons. The molecule has 0 amide bonds. The number of pyridine rings is 1. The van der Waals surface area contributed by atoms with Gasteiger partial charge in [0.05, 0.1) is 10.9 Å². The van der Waals surface area contributed by atoms with Crippen LogP contribution in [-0.2, 0) is 0 Å². The predicted molar refractivity (Wildman–Crippen MR) is 99.0 cm³/mol. The van der Waals surface area contributed by atoms with Gasteiger partial charge in [0.2, 0.25) is 0 Å². The van der Waals surface area contributed by atoms with Crippen molar-refractivity contribution in [2.45, 2.75) is 46.5 Å². The minimum Gasteiger partial charge on any atom is -0.423 e. The lowest BCUT2D eigenvalue weighted by atomic mass is 9.63. The Bertz CT molecular complexity index is 860. The van der Waals surface area contributed by atoms with Crippen molar-refractivity contribution >= 4 is 17.0 Å². The van der Waals surface area contributed by atoms with Gasteiger partial charge in [-0.2, -0.15) is 0 Å². The quantitative estimate of drug-likeness (QED) is 0.715. The summed E-state index contributed by atoms with van der Waals surface area (Å²) in [6.07, 6.45) is 12.3. The van der Waals surface area contributed by atoms with Gasteiger partial charge in [0.15, 0.2) is 0 Å². The van der Waals surface area contributed by atoms with Gasteiger partial charge < -0.3 is 4.42 Å². The van der Waals surface area contributed by atoms with Crippen LogP contribution in [0, 0.1) is 11.3 Å². The second kappa shape index (κ2) is 6.39. The van der Waals surface area contributed by atoms with Crippen LogP contribution in [-0.4, -0.2) is 4.98 Å². The van der Waals surface area contributed by atoms with Crippen molar-refractivity contribution in [1.29, 1.82) is 0 Å². The maximum atomic E-state index is 12.3. The van der Waals surface area contributed by atoms with E-state index >= 15 is 0 Å². The van der Waals surface area contributed by atoms with Gasteiger partial charge in [0, 0.05) is 17.7 Å². The molecule has 3 nitrogen and oxygen atoms in total. The monoisotopic (exact) mass is 323 g/mol. The van der Waals surface area contributed by atoms with E-state index in [9.17, 15) is 4.79 Å². The third-order valence-corrected chi connectivity index (χ3v) is 5.45. The molecule has 0 saturated carbocycles. The Morgan fingerprint density at radius 2 is 2.25 bits per heavy atom. The fourth-order valence-electron chi connectivity index (χ4n) is 3.65. The first kappa shape index (κ1) is 16.7. The van der Waals surface area contributed by atoms with Crippen LogP contribution in [0.3, 0.4) is 0 Å². The molecule has 1 aliphatic rings. The number of allylic oxidation sites excluding steroid dienone is 3. The molecule has 24 heavy (non-hydrogen) atoms. The summed E-state index contributed by atoms with van der Waals surface area (Å²) in [6.45, 7) is 8.97. The van der Waals surface area contributed by atoms with Crippen molar-refractivity contribution in [3.05, 3.63) is 58.3 Å². The number of nitrogens with zero attached hydrogens (tertiary/aromatic N) is 1. The zero-order valence-electron chi connectivity index (χ0n) is 14.9. The molecule has 0 aromatic carbocycles. The summed E-state index contributed by atoms with van der Waals surface area (Å²) >= 11 is 0. The van der Waals surface area contributed by atoms with E-state index < -0.39 is 0 Å². The highest BCUT2D eigenvalue weighted by Gasteiger charge is 2.39. The minimum absolute atomic E-state index is 0.0279. The largest absolute Gasteiger partial charge is 0.423 e. The number of hydrogen-bond acceptors (Lipinski definition) is 3. The third kappa shape index (κ3) is 2.62. The fourth-order valence-corrected chi connectivity index (χ4v) is 3.65. The van der Waals surface area contributed by atoms with E-state index in [1.54, 1.807) is 18.3 Å². The van der Waals surface area contributed by atoms with E-state index in [1.165, 1.54) is 0 Å². The molecule has 1 aliphatic carbocycles. The molecule has 3 heteroatoms. The second-order valence-corrected chi connectivity index (χ2v) is 7.09. The summed E-state index contributed by atoms with van der Waals surface area (Å²) in [6, 6.07) is 3.59. The molecule has 2 atom stereocenters. The summed E-state index contributed by atoms with van der Waals surface area (Å²) in [5.41, 5.74) is 1.52. The molecule has 0 saturated heterocycles. The van der Waals surface area contributed by atoms with E-state index in [2.05, 4.69) is 50.9 Å². The molecule has 0 N–H and O–H groups in total. The van der Waals surface area contributed by atoms with Crippen molar-refractivity contribution < 1.29 is 4.42 Å². The summed E-state index contributed by atoms with van der Waals surface area (Å²) < 4.78 is 5.62. The van der Waals surface area contributed by atoms with Gasteiger partial charge in [-0.25, -0.2) is 4.79 Å². The molecular formula is C21H25NO2. The van der Waals surface area contributed by atoms with Gasteiger partial charge in [-0.05, 0) is 42.4 Å². The van der Waals surface area contributed by atoms with Crippen molar-refractivity contribution in [3.63, 3.8) is 0 Å². The molecule has 0 fully saturated rings. The van der Waals surface area contributed by atoms with E-state index in [-0.39, 0.29) is 17.0 Å². The predicted octanol–water partition coefficient (Wildman–Crippen LogP) is 5.32. The van der Waals surface area contributed by atoms with E-state index in [4.69, 9.17) is 4.42 Å². The lowest BCUT2D eigenvalue weighted by molar-refractivity contribution is 0.232. The van der Waals surface area contributed by atoms with Crippen LogP contribution in [0.5, 0.6) is 0 Å². The molecular weight excluding hydrogens is 298 g/mol. The van der Waals surface area contributed by atoms with Gasteiger partial charge in [-0.15, -0.1) is 0 Å². The lowest BCUT2D eigenvalue weighted by Gasteiger charge is -2.40. The van der Waals surface area contributed by atoms with E-state index in [1.807, 2.05) is 6.08 Å². The molecule has 2 unspecified atom stereocenters. The number of rotatable bonds is 4. The standard InChI is InChI=1S/C21H25NO2/c1-5-6-12-21(4,14(2)3)16-10-7-11-17-18(16)19-15(20(23)24-17)9-8-13-22-19/h6-9,11-14,16H,5,10H2,1-4H3. The van der Waals surface area contributed by atoms with Crippen molar-refractivity contribution in [2.75, 3.05) is 0 Å². The molecule has 2 aromatic heterocycles. The van der Waals surface area contributed by atoms with Gasteiger partial charge in [0.25, 0.3) is 0 Å². The van der Waals surface area contributed by atoms with Crippen LogP contribution < -0.4 is 5.63 Å². The molecule has 2 heterocycles. The SMILES string of the molecule is CCC=CC(C)(C(C)C)C1CC=Cc2oc(=O)c3cccnc3c21. The van der Waals surface area contributed by atoms with Gasteiger partial charge in [0.1, 0.15) is 5.76 Å². The Hall–Kier alpha value is -2.16. The van der Waals surface area contributed by atoms with Gasteiger partial charge in [-0.3, -0.25) is 4.98 Å². The van der Waals surface area contributed by atoms with Crippen LogP contribution in [0.25, 0.3) is 17.0 Å². The summed E-state index contributed by atoms with van der Waals surface area (Å²) in [5, 5.41) is 0.571. The lowest BCUT2D eigenvalue weighted by Crippen LogP contribution is -2.31. The molecule has 0 bridgehead atoms. The molecule has 126 valence electrons. The Labute approximate surface area is 143 Å². The average molecular weight is 323 g/mol. The Kier molecular flexibility index (Phi) is 4.44. The first-order valence-corrected chi connectivity index (χ1v) is 8.75. The molecule has 2 aromatic rings. The average Bonchev–Trinajstić information content (AvgIpc) is 2.59. The highest BCUT2D eigenvalue weighted by Crippen LogP contribution is 2.49. The van der Waals surface area contributed by atoms with Crippen molar-refractivity contribution in [2.24, 2.45) is 11.3 Å². The zero-order chi connectivity index (χ0) is 17.3. The second-order valence-electron chi connectivity index (χ2n) is 7.09. The van der Waals surface area contributed by atoms with Crippen molar-refractivity contribution in [3.8, 4) is 0 Å². The summed E-state index contributed by atoms with van der Waals surface area (Å²) in [7, 11) is 0. The van der Waals surface area contributed by atoms with E-state index in [0.29, 0.717) is 17.1 Å². The smallest absolute Gasteiger partial charge is 0.345 e. The van der Waals surface area contributed by atoms with E-state index in [0.717, 1.165) is 23.9 Å². The molecule has 0 aliphatic heterocycles. The van der Waals surface area contributed by atoms with Crippen LogP contribution in [0.1, 0.15) is 57.8 Å². The Balaban J connectivity index is 2.29. The Morgan fingerprint density at radius 3 is 2.96 bits per heavy atom. The molecule has 3 rings (SSSR count). The first-order valence-electron chi connectivity index (χ1n) is 8.75. The Morgan fingerprint density at radius 1 is 1.46 bits per heavy atom. The van der Waals surface area contributed by atoms with Crippen LogP contribution >= 0.6 is 0 Å². The number of fused-ring (bicyclic) bond motifs is 3. The summed E-state index contributed by atoms with van der Waals surface area (Å²) in [5.74, 6) is 1.36. The van der Waals surface area contributed by atoms with Crippen LogP contribution in [0.2, 0.25) is 0 Å². The normalized spacial score (nSPS) is 19.8. The first-order chi connectivity index (χ1) is 11.5. The van der Waals surface area contributed by atoms with Crippen LogP contribution in [0.15, 0.2) is 45.8 Å².